The van der Waals surface area contributed by atoms with Gasteiger partial charge in [0, 0.05) is 41.6 Å². The van der Waals surface area contributed by atoms with Crippen molar-refractivity contribution in [3.63, 3.8) is 0 Å². The number of pyridine rings is 2. The van der Waals surface area contributed by atoms with Crippen molar-refractivity contribution in [2.75, 3.05) is 19.6 Å². The predicted molar refractivity (Wildman–Crippen MR) is 124 cm³/mol. The van der Waals surface area contributed by atoms with Crippen molar-refractivity contribution in [2.24, 2.45) is 0 Å². The summed E-state index contributed by atoms with van der Waals surface area (Å²) >= 11 is 0. The molecule has 4 aromatic rings. The minimum absolute atomic E-state index is 0.295. The number of benzene rings is 1. The topological polar surface area (TPSA) is 56.0 Å². The second kappa shape index (κ2) is 9.06. The molecular formula is C25H24F3N5O. The van der Waals surface area contributed by atoms with E-state index in [0.29, 0.717) is 16.9 Å². The third-order valence-corrected chi connectivity index (χ3v) is 6.25. The van der Waals surface area contributed by atoms with Crippen LogP contribution in [-0.4, -0.2) is 43.9 Å². The second-order valence-corrected chi connectivity index (χ2v) is 8.57. The lowest BCUT2D eigenvalue weighted by Gasteiger charge is -2.14. The Kier molecular flexibility index (Phi) is 5.95. The summed E-state index contributed by atoms with van der Waals surface area (Å²) in [5.74, 6) is 0. The Bertz CT molecular complexity index is 1350. The van der Waals surface area contributed by atoms with Crippen LogP contribution >= 0.6 is 0 Å². The van der Waals surface area contributed by atoms with E-state index in [2.05, 4.69) is 15.0 Å². The van der Waals surface area contributed by atoms with E-state index in [0.717, 1.165) is 42.7 Å². The number of hydrogen-bond acceptors (Lipinski definition) is 4. The molecule has 6 nitrogen and oxygen atoms in total. The Labute approximate surface area is 194 Å². The highest BCUT2D eigenvalue weighted by molar-refractivity contribution is 5.81. The molecule has 0 unspecified atom stereocenters. The third-order valence-electron chi connectivity index (χ3n) is 6.25. The third kappa shape index (κ3) is 4.61. The van der Waals surface area contributed by atoms with Crippen LogP contribution in [0.5, 0.6) is 0 Å². The number of hydrogen-bond donors (Lipinski definition) is 0. The van der Waals surface area contributed by atoms with Gasteiger partial charge in [-0.15, -0.1) is 0 Å². The van der Waals surface area contributed by atoms with E-state index in [-0.39, 0.29) is 5.56 Å². The summed E-state index contributed by atoms with van der Waals surface area (Å²) in [6.45, 7) is 4.29. The normalized spacial score (nSPS) is 14.8. The zero-order chi connectivity index (χ0) is 23.7. The second-order valence-electron chi connectivity index (χ2n) is 8.57. The molecule has 0 atom stereocenters. The number of aromatic nitrogens is 4. The first-order valence-electron chi connectivity index (χ1n) is 11.3. The van der Waals surface area contributed by atoms with Crippen molar-refractivity contribution in [2.45, 2.75) is 32.0 Å². The van der Waals surface area contributed by atoms with Gasteiger partial charge < -0.3 is 4.90 Å². The van der Waals surface area contributed by atoms with Crippen LogP contribution in [0, 0.1) is 0 Å². The molecular weight excluding hydrogens is 443 g/mol. The van der Waals surface area contributed by atoms with Gasteiger partial charge in [-0.25, -0.2) is 0 Å². The number of alkyl halides is 3. The molecule has 1 aliphatic heterocycles. The highest BCUT2D eigenvalue weighted by Crippen LogP contribution is 2.29. The van der Waals surface area contributed by atoms with Crippen LogP contribution in [0.25, 0.3) is 27.8 Å². The van der Waals surface area contributed by atoms with Gasteiger partial charge in [0.25, 0.3) is 5.56 Å². The Balaban J connectivity index is 1.33. The first kappa shape index (κ1) is 22.3. The summed E-state index contributed by atoms with van der Waals surface area (Å²) in [5.41, 5.74) is 1.36. The maximum absolute atomic E-state index is 12.8. The molecule has 0 aliphatic carbocycles. The van der Waals surface area contributed by atoms with Crippen molar-refractivity contribution in [3.8, 4) is 16.9 Å². The molecule has 0 spiro atoms. The standard InChI is InChI=1S/C25H24F3N5O/c26-25(27,28)20-4-6-22(29-17-20)18-8-13-32(24(34)15-18)21-5-7-23-19(14-21)16-30-33(23)12-3-11-31-9-1-2-10-31/h4-8,13-17H,1-3,9-12H2. The van der Waals surface area contributed by atoms with Gasteiger partial charge in [0.2, 0.25) is 0 Å². The fraction of sp³-hybridized carbons (Fsp3) is 0.320. The molecule has 1 aliphatic rings. The molecule has 0 radical (unpaired) electrons. The van der Waals surface area contributed by atoms with E-state index >= 15 is 0 Å². The lowest BCUT2D eigenvalue weighted by atomic mass is 10.1. The van der Waals surface area contributed by atoms with Gasteiger partial charge in [-0.05, 0) is 75.3 Å². The van der Waals surface area contributed by atoms with Gasteiger partial charge in [0.15, 0.2) is 0 Å². The number of halogens is 3. The number of aryl methyl sites for hydroxylation is 1. The molecule has 0 N–H and O–H groups in total. The minimum Gasteiger partial charge on any atom is -0.303 e. The van der Waals surface area contributed by atoms with Gasteiger partial charge in [-0.3, -0.25) is 19.0 Å². The van der Waals surface area contributed by atoms with Crippen molar-refractivity contribution in [1.29, 1.82) is 0 Å². The molecule has 5 rings (SSSR count). The van der Waals surface area contributed by atoms with Crippen LogP contribution in [-0.2, 0) is 12.7 Å². The van der Waals surface area contributed by atoms with Gasteiger partial charge in [-0.2, -0.15) is 18.3 Å². The van der Waals surface area contributed by atoms with E-state index in [1.165, 1.54) is 42.6 Å². The molecule has 4 heterocycles. The van der Waals surface area contributed by atoms with Crippen molar-refractivity contribution in [3.05, 3.63) is 77.0 Å². The van der Waals surface area contributed by atoms with Gasteiger partial charge >= 0.3 is 6.18 Å². The van der Waals surface area contributed by atoms with E-state index in [9.17, 15) is 18.0 Å². The molecule has 1 fully saturated rings. The Morgan fingerprint density at radius 1 is 0.941 bits per heavy atom. The number of fused-ring (bicyclic) bond motifs is 1. The van der Waals surface area contributed by atoms with Crippen LogP contribution in [0.4, 0.5) is 13.2 Å². The number of rotatable bonds is 6. The van der Waals surface area contributed by atoms with Gasteiger partial charge in [-0.1, -0.05) is 0 Å². The van der Waals surface area contributed by atoms with Crippen LogP contribution in [0.3, 0.4) is 0 Å². The SMILES string of the molecule is O=c1cc(-c2ccc(C(F)(F)F)cn2)ccn1-c1ccc2c(cnn2CCCN2CCCC2)c1. The molecule has 0 bridgehead atoms. The average Bonchev–Trinajstić information content (AvgIpc) is 3.48. The van der Waals surface area contributed by atoms with E-state index in [1.807, 2.05) is 22.9 Å². The molecule has 176 valence electrons. The predicted octanol–water partition coefficient (Wildman–Crippen LogP) is 4.75. The van der Waals surface area contributed by atoms with Crippen molar-refractivity contribution >= 4 is 10.9 Å². The molecule has 3 aromatic heterocycles. The summed E-state index contributed by atoms with van der Waals surface area (Å²) in [7, 11) is 0. The van der Waals surface area contributed by atoms with E-state index < -0.39 is 11.7 Å². The number of likely N-dealkylation sites (tertiary alicyclic amines) is 1. The van der Waals surface area contributed by atoms with E-state index in [1.54, 1.807) is 18.5 Å². The Morgan fingerprint density at radius 2 is 1.76 bits per heavy atom. The fourth-order valence-electron chi connectivity index (χ4n) is 4.44. The molecule has 0 amide bonds. The Hall–Kier alpha value is -3.46. The number of nitrogens with zero attached hydrogens (tertiary/aromatic N) is 5. The molecule has 0 saturated carbocycles. The zero-order valence-electron chi connectivity index (χ0n) is 18.5. The average molecular weight is 467 g/mol. The minimum atomic E-state index is -4.45. The van der Waals surface area contributed by atoms with Crippen molar-refractivity contribution in [1.82, 2.24) is 24.2 Å². The first-order valence-corrected chi connectivity index (χ1v) is 11.3. The summed E-state index contributed by atoms with van der Waals surface area (Å²) in [5, 5.41) is 5.46. The molecule has 1 saturated heterocycles. The van der Waals surface area contributed by atoms with Crippen LogP contribution in [0.1, 0.15) is 24.8 Å². The highest BCUT2D eigenvalue weighted by atomic mass is 19.4. The molecule has 1 aromatic carbocycles. The fourth-order valence-corrected chi connectivity index (χ4v) is 4.44. The van der Waals surface area contributed by atoms with Crippen LogP contribution in [0.2, 0.25) is 0 Å². The van der Waals surface area contributed by atoms with Gasteiger partial charge in [0.05, 0.1) is 23.0 Å². The summed E-state index contributed by atoms with van der Waals surface area (Å²) in [6.07, 6.45) is 3.35. The Morgan fingerprint density at radius 3 is 2.47 bits per heavy atom. The van der Waals surface area contributed by atoms with E-state index in [4.69, 9.17) is 0 Å². The molecule has 34 heavy (non-hydrogen) atoms. The maximum Gasteiger partial charge on any atom is 0.417 e. The maximum atomic E-state index is 12.8. The first-order chi connectivity index (χ1) is 16.4. The lowest BCUT2D eigenvalue weighted by Crippen LogP contribution is -2.21. The largest absolute Gasteiger partial charge is 0.417 e. The molecule has 9 heteroatoms. The monoisotopic (exact) mass is 467 g/mol. The summed E-state index contributed by atoms with van der Waals surface area (Å²) in [6, 6.07) is 11.0. The summed E-state index contributed by atoms with van der Waals surface area (Å²) < 4.78 is 41.8. The van der Waals surface area contributed by atoms with Crippen LogP contribution in [0.15, 0.2) is 65.8 Å². The zero-order valence-corrected chi connectivity index (χ0v) is 18.5. The lowest BCUT2D eigenvalue weighted by molar-refractivity contribution is -0.137. The summed E-state index contributed by atoms with van der Waals surface area (Å²) in [4.78, 5) is 19.1. The highest BCUT2D eigenvalue weighted by Gasteiger charge is 2.30. The van der Waals surface area contributed by atoms with Crippen LogP contribution < -0.4 is 5.56 Å². The smallest absolute Gasteiger partial charge is 0.303 e. The van der Waals surface area contributed by atoms with Crippen molar-refractivity contribution < 1.29 is 13.2 Å². The van der Waals surface area contributed by atoms with Gasteiger partial charge in [0.1, 0.15) is 0 Å². The quantitative estimate of drug-likeness (QED) is 0.411.